The molecule has 1 aromatic heterocycles. The fraction of sp³-hybridized carbons (Fsp3) is 0.467. The third-order valence-electron chi connectivity index (χ3n) is 3.91. The summed E-state index contributed by atoms with van der Waals surface area (Å²) in [6.07, 6.45) is 2.27. The van der Waals surface area contributed by atoms with E-state index in [9.17, 15) is 9.59 Å². The number of aryl methyl sites for hydroxylation is 1. The Bertz CT molecular complexity index is 682. The van der Waals surface area contributed by atoms with Gasteiger partial charge in [-0.15, -0.1) is 0 Å². The smallest absolute Gasteiger partial charge is 0.323 e. The monoisotopic (exact) mass is 288 g/mol. The maximum absolute atomic E-state index is 12.0. The van der Waals surface area contributed by atoms with E-state index in [-0.39, 0.29) is 11.6 Å². The van der Waals surface area contributed by atoms with E-state index >= 15 is 0 Å². The number of hydrogen-bond donors (Lipinski definition) is 3. The van der Waals surface area contributed by atoms with Gasteiger partial charge in [0.15, 0.2) is 0 Å². The van der Waals surface area contributed by atoms with Gasteiger partial charge < -0.3 is 20.2 Å². The van der Waals surface area contributed by atoms with Crippen molar-refractivity contribution < 1.29 is 4.79 Å². The molecule has 1 aromatic carbocycles. The Kier molecular flexibility index (Phi) is 4.06. The first-order valence-electron chi connectivity index (χ1n) is 7.42. The van der Waals surface area contributed by atoms with Gasteiger partial charge in [0.05, 0.1) is 11.0 Å². The zero-order valence-electron chi connectivity index (χ0n) is 11.9. The first-order valence-corrected chi connectivity index (χ1v) is 7.42. The molecule has 3 rings (SSSR count). The molecular formula is C15H20N4O2. The zero-order chi connectivity index (χ0) is 14.7. The van der Waals surface area contributed by atoms with Gasteiger partial charge in [-0.05, 0) is 30.5 Å². The van der Waals surface area contributed by atoms with Crippen LogP contribution in [0, 0.1) is 0 Å². The van der Waals surface area contributed by atoms with Crippen LogP contribution in [0.25, 0.3) is 11.0 Å². The molecule has 1 fully saturated rings. The van der Waals surface area contributed by atoms with E-state index in [1.807, 2.05) is 23.1 Å². The van der Waals surface area contributed by atoms with Crippen molar-refractivity contribution in [2.24, 2.45) is 0 Å². The molecule has 1 aliphatic heterocycles. The minimum absolute atomic E-state index is 0.184. The van der Waals surface area contributed by atoms with E-state index in [1.54, 1.807) is 0 Å². The Labute approximate surface area is 122 Å². The van der Waals surface area contributed by atoms with Gasteiger partial charge in [0.25, 0.3) is 0 Å². The number of nitrogens with zero attached hydrogens (tertiary/aromatic N) is 1. The van der Waals surface area contributed by atoms with Gasteiger partial charge in [0.1, 0.15) is 0 Å². The van der Waals surface area contributed by atoms with E-state index in [4.69, 9.17) is 0 Å². The maximum Gasteiger partial charge on any atom is 0.323 e. The highest BCUT2D eigenvalue weighted by atomic mass is 16.2. The topological polar surface area (TPSA) is 81.0 Å². The van der Waals surface area contributed by atoms with Crippen LogP contribution in [0.15, 0.2) is 23.0 Å². The Hall–Kier alpha value is -2.08. The Morgan fingerprint density at radius 3 is 2.71 bits per heavy atom. The number of carbonyl (C=O) groups excluding carboxylic acids is 1. The standard InChI is InChI=1S/C15H20N4O2/c20-14(19-8-6-16-7-9-19)3-1-2-11-4-5-12-13(10-11)18-15(21)17-12/h4-5,10,16H,1-3,6-9H2,(H2,17,18,21). The van der Waals surface area contributed by atoms with Crippen LogP contribution in [0.3, 0.4) is 0 Å². The summed E-state index contributed by atoms with van der Waals surface area (Å²) in [7, 11) is 0. The van der Waals surface area contributed by atoms with Crippen LogP contribution in [0.5, 0.6) is 0 Å². The van der Waals surface area contributed by atoms with Crippen LogP contribution >= 0.6 is 0 Å². The number of carbonyl (C=O) groups is 1. The number of hydrogen-bond acceptors (Lipinski definition) is 3. The fourth-order valence-corrected chi connectivity index (χ4v) is 2.75. The minimum Gasteiger partial charge on any atom is -0.340 e. The third kappa shape index (κ3) is 3.33. The molecular weight excluding hydrogens is 268 g/mol. The van der Waals surface area contributed by atoms with Crippen LogP contribution < -0.4 is 11.0 Å². The average molecular weight is 288 g/mol. The predicted octanol–water partition coefficient (Wildman–Crippen LogP) is 0.611. The second-order valence-corrected chi connectivity index (χ2v) is 5.44. The lowest BCUT2D eigenvalue weighted by atomic mass is 10.1. The van der Waals surface area contributed by atoms with Crippen molar-refractivity contribution in [2.45, 2.75) is 19.3 Å². The van der Waals surface area contributed by atoms with Crippen molar-refractivity contribution in [3.63, 3.8) is 0 Å². The number of H-pyrrole nitrogens is 2. The Balaban J connectivity index is 1.53. The molecule has 2 aromatic rings. The van der Waals surface area contributed by atoms with Gasteiger partial charge in [-0.1, -0.05) is 6.07 Å². The van der Waals surface area contributed by atoms with E-state index in [1.165, 1.54) is 0 Å². The first-order chi connectivity index (χ1) is 10.2. The summed E-state index contributed by atoms with van der Waals surface area (Å²) in [5.41, 5.74) is 2.61. The Morgan fingerprint density at radius 2 is 1.90 bits per heavy atom. The van der Waals surface area contributed by atoms with E-state index in [2.05, 4.69) is 15.3 Å². The lowest BCUT2D eigenvalue weighted by Gasteiger charge is -2.27. The van der Waals surface area contributed by atoms with E-state index in [0.29, 0.717) is 6.42 Å². The lowest BCUT2D eigenvalue weighted by molar-refractivity contribution is -0.131. The Morgan fingerprint density at radius 1 is 1.14 bits per heavy atom. The minimum atomic E-state index is -0.184. The molecule has 6 heteroatoms. The number of aromatic amines is 2. The number of imidazole rings is 1. The third-order valence-corrected chi connectivity index (χ3v) is 3.91. The number of amides is 1. The molecule has 0 bridgehead atoms. The molecule has 1 aliphatic rings. The summed E-state index contributed by atoms with van der Waals surface area (Å²) >= 11 is 0. The number of nitrogens with one attached hydrogen (secondary N) is 3. The van der Waals surface area contributed by atoms with Crippen molar-refractivity contribution in [3.8, 4) is 0 Å². The molecule has 2 heterocycles. The molecule has 0 saturated carbocycles. The largest absolute Gasteiger partial charge is 0.340 e. The van der Waals surface area contributed by atoms with Crippen molar-refractivity contribution in [1.29, 1.82) is 0 Å². The van der Waals surface area contributed by atoms with Gasteiger partial charge in [-0.25, -0.2) is 4.79 Å². The summed E-state index contributed by atoms with van der Waals surface area (Å²) in [6.45, 7) is 3.41. The summed E-state index contributed by atoms with van der Waals surface area (Å²) in [6, 6.07) is 5.88. The van der Waals surface area contributed by atoms with Crippen LogP contribution in [0.2, 0.25) is 0 Å². The average Bonchev–Trinajstić information content (AvgIpc) is 2.87. The predicted molar refractivity (Wildman–Crippen MR) is 81.3 cm³/mol. The van der Waals surface area contributed by atoms with Crippen LogP contribution in [-0.2, 0) is 11.2 Å². The molecule has 0 aliphatic carbocycles. The molecule has 1 amide bonds. The molecule has 3 N–H and O–H groups in total. The number of piperazine rings is 1. The van der Waals surface area contributed by atoms with Gasteiger partial charge in [0, 0.05) is 32.6 Å². The quantitative estimate of drug-likeness (QED) is 0.771. The maximum atomic E-state index is 12.0. The van der Waals surface area contributed by atoms with Gasteiger partial charge in [-0.3, -0.25) is 4.79 Å². The normalized spacial score (nSPS) is 15.5. The van der Waals surface area contributed by atoms with Crippen molar-refractivity contribution in [1.82, 2.24) is 20.2 Å². The molecule has 21 heavy (non-hydrogen) atoms. The molecule has 6 nitrogen and oxygen atoms in total. The van der Waals surface area contributed by atoms with E-state index in [0.717, 1.165) is 55.6 Å². The first kappa shape index (κ1) is 13.9. The number of benzene rings is 1. The van der Waals surface area contributed by atoms with Crippen molar-refractivity contribution in [2.75, 3.05) is 26.2 Å². The fourth-order valence-electron chi connectivity index (χ4n) is 2.75. The molecule has 0 spiro atoms. The van der Waals surface area contributed by atoms with Gasteiger partial charge >= 0.3 is 5.69 Å². The van der Waals surface area contributed by atoms with Gasteiger partial charge in [0.2, 0.25) is 5.91 Å². The number of rotatable bonds is 4. The highest BCUT2D eigenvalue weighted by Crippen LogP contribution is 2.13. The SMILES string of the molecule is O=C(CCCc1ccc2[nH]c(=O)[nH]c2c1)N1CCNCC1. The van der Waals surface area contributed by atoms with Crippen LogP contribution in [-0.4, -0.2) is 47.0 Å². The van der Waals surface area contributed by atoms with E-state index < -0.39 is 0 Å². The highest BCUT2D eigenvalue weighted by Gasteiger charge is 2.15. The number of fused-ring (bicyclic) bond motifs is 1. The summed E-state index contributed by atoms with van der Waals surface area (Å²) in [5, 5.41) is 3.24. The molecule has 112 valence electrons. The lowest BCUT2D eigenvalue weighted by Crippen LogP contribution is -2.46. The van der Waals surface area contributed by atoms with Crippen molar-refractivity contribution >= 4 is 16.9 Å². The molecule has 1 saturated heterocycles. The summed E-state index contributed by atoms with van der Waals surface area (Å²) in [5.74, 6) is 0.243. The molecule has 0 atom stereocenters. The highest BCUT2D eigenvalue weighted by molar-refractivity contribution is 5.76. The molecule has 0 unspecified atom stereocenters. The second-order valence-electron chi connectivity index (χ2n) is 5.44. The zero-order valence-corrected chi connectivity index (χ0v) is 11.9. The van der Waals surface area contributed by atoms with Crippen LogP contribution in [0.1, 0.15) is 18.4 Å². The van der Waals surface area contributed by atoms with Crippen LogP contribution in [0.4, 0.5) is 0 Å². The summed E-state index contributed by atoms with van der Waals surface area (Å²) in [4.78, 5) is 30.7. The van der Waals surface area contributed by atoms with Gasteiger partial charge in [-0.2, -0.15) is 0 Å². The van der Waals surface area contributed by atoms with Crippen molar-refractivity contribution in [3.05, 3.63) is 34.2 Å². The number of aromatic nitrogens is 2. The second kappa shape index (κ2) is 6.13. The summed E-state index contributed by atoms with van der Waals surface area (Å²) < 4.78 is 0. The molecule has 0 radical (unpaired) electrons.